The first-order chi connectivity index (χ1) is 8.84. The Morgan fingerprint density at radius 3 is 3.22 bits per heavy atom. The summed E-state index contributed by atoms with van der Waals surface area (Å²) in [4.78, 5) is 8.69. The maximum Gasteiger partial charge on any atom is 0.195 e. The SMILES string of the molecule is Cc1c(-c2cccs2)nc2sc3c(n12)CCNC3. The van der Waals surface area contributed by atoms with E-state index in [0.29, 0.717) is 0 Å². The van der Waals surface area contributed by atoms with Crippen molar-refractivity contribution >= 4 is 27.6 Å². The number of aryl methyl sites for hydroxylation is 1. The Labute approximate surface area is 113 Å². The van der Waals surface area contributed by atoms with Crippen LogP contribution in [-0.4, -0.2) is 15.9 Å². The molecule has 0 spiro atoms. The topological polar surface area (TPSA) is 29.3 Å². The van der Waals surface area contributed by atoms with Crippen LogP contribution in [0.25, 0.3) is 15.5 Å². The molecular weight excluding hydrogens is 262 g/mol. The second-order valence-corrected chi connectivity index (χ2v) is 6.55. The van der Waals surface area contributed by atoms with Gasteiger partial charge in [-0.1, -0.05) is 17.4 Å². The summed E-state index contributed by atoms with van der Waals surface area (Å²) in [5.41, 5.74) is 3.89. The van der Waals surface area contributed by atoms with Crippen molar-refractivity contribution in [2.24, 2.45) is 0 Å². The van der Waals surface area contributed by atoms with Crippen molar-refractivity contribution in [3.8, 4) is 10.6 Å². The lowest BCUT2D eigenvalue weighted by Crippen LogP contribution is -2.23. The zero-order valence-corrected chi connectivity index (χ0v) is 11.7. The molecule has 0 amide bonds. The van der Waals surface area contributed by atoms with Crippen LogP contribution in [0.5, 0.6) is 0 Å². The molecule has 1 aliphatic rings. The maximum absolute atomic E-state index is 4.82. The Hall–Kier alpha value is -1.17. The molecular formula is C13H13N3S2. The molecule has 1 aliphatic heterocycles. The summed E-state index contributed by atoms with van der Waals surface area (Å²) in [6, 6.07) is 4.24. The van der Waals surface area contributed by atoms with Crippen LogP contribution in [0.4, 0.5) is 0 Å². The predicted molar refractivity (Wildman–Crippen MR) is 76.5 cm³/mol. The van der Waals surface area contributed by atoms with Crippen molar-refractivity contribution in [2.75, 3.05) is 6.54 Å². The minimum atomic E-state index is 0.997. The highest BCUT2D eigenvalue weighted by atomic mass is 32.1. The molecule has 3 aromatic heterocycles. The molecule has 4 heterocycles. The monoisotopic (exact) mass is 275 g/mol. The van der Waals surface area contributed by atoms with Crippen molar-refractivity contribution < 1.29 is 0 Å². The van der Waals surface area contributed by atoms with Gasteiger partial charge >= 0.3 is 0 Å². The minimum Gasteiger partial charge on any atom is -0.311 e. The van der Waals surface area contributed by atoms with Gasteiger partial charge in [-0.2, -0.15) is 0 Å². The first-order valence-corrected chi connectivity index (χ1v) is 7.78. The number of fused-ring (bicyclic) bond motifs is 3. The summed E-state index contributed by atoms with van der Waals surface area (Å²) >= 11 is 3.59. The van der Waals surface area contributed by atoms with Gasteiger partial charge in [-0.25, -0.2) is 4.98 Å². The van der Waals surface area contributed by atoms with Gasteiger partial charge in [0, 0.05) is 35.8 Å². The van der Waals surface area contributed by atoms with Gasteiger partial charge in [-0.3, -0.25) is 4.40 Å². The van der Waals surface area contributed by atoms with Gasteiger partial charge in [-0.05, 0) is 18.4 Å². The molecule has 3 nitrogen and oxygen atoms in total. The lowest BCUT2D eigenvalue weighted by Gasteiger charge is -2.12. The van der Waals surface area contributed by atoms with Crippen LogP contribution in [0.15, 0.2) is 17.5 Å². The number of imidazole rings is 1. The fourth-order valence-electron chi connectivity index (χ4n) is 2.60. The standard InChI is InChI=1S/C13H13N3S2/c1-8-12(10-3-2-6-17-10)15-13-16(8)9-4-5-14-7-11(9)18-13/h2-3,6,14H,4-5,7H2,1H3. The van der Waals surface area contributed by atoms with E-state index < -0.39 is 0 Å². The van der Waals surface area contributed by atoms with Gasteiger partial charge in [-0.15, -0.1) is 11.3 Å². The summed E-state index contributed by atoms with van der Waals surface area (Å²) in [7, 11) is 0. The molecule has 4 rings (SSSR count). The lowest BCUT2D eigenvalue weighted by molar-refractivity contribution is 0.636. The molecule has 0 atom stereocenters. The Morgan fingerprint density at radius 1 is 1.44 bits per heavy atom. The number of rotatable bonds is 1. The van der Waals surface area contributed by atoms with Gasteiger partial charge in [0.1, 0.15) is 5.69 Å². The molecule has 0 fully saturated rings. The van der Waals surface area contributed by atoms with E-state index >= 15 is 0 Å². The quantitative estimate of drug-likeness (QED) is 0.739. The van der Waals surface area contributed by atoms with Crippen LogP contribution in [-0.2, 0) is 13.0 Å². The summed E-state index contributed by atoms with van der Waals surface area (Å²) in [5.74, 6) is 0. The Balaban J connectivity index is 1.98. The van der Waals surface area contributed by atoms with Gasteiger partial charge < -0.3 is 5.32 Å². The molecule has 0 aliphatic carbocycles. The average molecular weight is 275 g/mol. The third kappa shape index (κ3) is 1.41. The fraction of sp³-hybridized carbons (Fsp3) is 0.308. The number of nitrogens with one attached hydrogen (secondary N) is 1. The third-order valence-corrected chi connectivity index (χ3v) is 5.42. The van der Waals surface area contributed by atoms with Crippen LogP contribution in [0.1, 0.15) is 16.3 Å². The first kappa shape index (κ1) is 10.7. The van der Waals surface area contributed by atoms with Gasteiger partial charge in [0.25, 0.3) is 0 Å². The van der Waals surface area contributed by atoms with Crippen LogP contribution in [0.2, 0.25) is 0 Å². The second-order valence-electron chi connectivity index (χ2n) is 4.54. The first-order valence-electron chi connectivity index (χ1n) is 6.09. The molecule has 0 aromatic carbocycles. The summed E-state index contributed by atoms with van der Waals surface area (Å²) in [6.07, 6.45) is 1.11. The zero-order chi connectivity index (χ0) is 12.1. The molecule has 0 saturated carbocycles. The summed E-state index contributed by atoms with van der Waals surface area (Å²) < 4.78 is 2.36. The number of aromatic nitrogens is 2. The maximum atomic E-state index is 4.82. The van der Waals surface area contributed by atoms with E-state index in [2.05, 4.69) is 34.2 Å². The Kier molecular flexibility index (Phi) is 2.33. The third-order valence-electron chi connectivity index (χ3n) is 3.46. The van der Waals surface area contributed by atoms with Gasteiger partial charge in [0.2, 0.25) is 0 Å². The highest BCUT2D eigenvalue weighted by Gasteiger charge is 2.21. The molecule has 0 radical (unpaired) electrons. The van der Waals surface area contributed by atoms with E-state index in [-0.39, 0.29) is 0 Å². The van der Waals surface area contributed by atoms with Crippen LogP contribution in [0, 0.1) is 6.92 Å². The van der Waals surface area contributed by atoms with Crippen molar-refractivity contribution in [2.45, 2.75) is 19.9 Å². The molecule has 92 valence electrons. The highest BCUT2D eigenvalue weighted by molar-refractivity contribution is 7.17. The second kappa shape index (κ2) is 3.91. The average Bonchev–Trinajstić information content (AvgIpc) is 3.05. The number of hydrogen-bond donors (Lipinski definition) is 1. The molecule has 1 N–H and O–H groups in total. The normalized spacial score (nSPS) is 15.2. The van der Waals surface area contributed by atoms with Crippen molar-refractivity contribution in [3.63, 3.8) is 0 Å². The van der Waals surface area contributed by atoms with E-state index in [0.717, 1.165) is 30.2 Å². The summed E-state index contributed by atoms with van der Waals surface area (Å²) in [6.45, 7) is 4.26. The van der Waals surface area contributed by atoms with Gasteiger partial charge in [0.15, 0.2) is 4.96 Å². The van der Waals surface area contributed by atoms with Gasteiger partial charge in [0.05, 0.1) is 4.88 Å². The molecule has 3 aromatic rings. The lowest BCUT2D eigenvalue weighted by atomic mass is 10.2. The van der Waals surface area contributed by atoms with Crippen LogP contribution >= 0.6 is 22.7 Å². The Morgan fingerprint density at radius 2 is 2.39 bits per heavy atom. The predicted octanol–water partition coefficient (Wildman–Crippen LogP) is 3.08. The molecule has 5 heteroatoms. The number of hydrogen-bond acceptors (Lipinski definition) is 4. The van der Waals surface area contributed by atoms with Crippen molar-refractivity contribution in [1.82, 2.24) is 14.7 Å². The molecule has 0 bridgehead atoms. The van der Waals surface area contributed by atoms with E-state index in [1.165, 1.54) is 21.1 Å². The smallest absolute Gasteiger partial charge is 0.195 e. The van der Waals surface area contributed by atoms with Crippen LogP contribution < -0.4 is 5.32 Å². The van der Waals surface area contributed by atoms with E-state index in [1.807, 2.05) is 11.3 Å². The van der Waals surface area contributed by atoms with E-state index in [1.54, 1.807) is 11.3 Å². The molecule has 18 heavy (non-hydrogen) atoms. The minimum absolute atomic E-state index is 0.997. The molecule has 0 saturated heterocycles. The number of nitrogens with zero attached hydrogens (tertiary/aromatic N) is 2. The van der Waals surface area contributed by atoms with Crippen LogP contribution in [0.3, 0.4) is 0 Å². The largest absolute Gasteiger partial charge is 0.311 e. The van der Waals surface area contributed by atoms with E-state index in [9.17, 15) is 0 Å². The van der Waals surface area contributed by atoms with Crippen molar-refractivity contribution in [1.29, 1.82) is 0 Å². The number of thiazole rings is 1. The number of thiophene rings is 1. The Bertz CT molecular complexity index is 706. The summed E-state index contributed by atoms with van der Waals surface area (Å²) in [5, 5.41) is 5.54. The van der Waals surface area contributed by atoms with Crippen molar-refractivity contribution in [3.05, 3.63) is 33.8 Å². The molecule has 0 unspecified atom stereocenters. The van der Waals surface area contributed by atoms with E-state index in [4.69, 9.17) is 4.98 Å². The highest BCUT2D eigenvalue weighted by Crippen LogP contribution is 2.33. The zero-order valence-electron chi connectivity index (χ0n) is 10.1. The fourth-order valence-corrected chi connectivity index (χ4v) is 4.55.